The summed E-state index contributed by atoms with van der Waals surface area (Å²) in [5.41, 5.74) is 4.42. The summed E-state index contributed by atoms with van der Waals surface area (Å²) >= 11 is 0. The van der Waals surface area contributed by atoms with Crippen molar-refractivity contribution in [3.8, 4) is 5.75 Å². The highest BCUT2D eigenvalue weighted by Gasteiger charge is 2.55. The zero-order chi connectivity index (χ0) is 31.4. The van der Waals surface area contributed by atoms with E-state index in [1.165, 1.54) is 12.1 Å². The van der Waals surface area contributed by atoms with Crippen molar-refractivity contribution in [2.45, 2.75) is 45.1 Å². The number of pyridine rings is 1. The molecular weight excluding hydrogens is 559 g/mol. The molecule has 1 fully saturated rings. The minimum Gasteiger partial charge on any atom is -0.508 e. The third kappa shape index (κ3) is 6.39. The van der Waals surface area contributed by atoms with E-state index in [2.05, 4.69) is 4.98 Å². The van der Waals surface area contributed by atoms with Gasteiger partial charge in [-0.25, -0.2) is 0 Å². The number of hydrogen-bond donors (Lipinski definition) is 5. The fourth-order valence-electron chi connectivity index (χ4n) is 6.62. The number of aliphatic hydroxyl groups excluding tert-OH is 2. The number of aromatic nitrogens is 1. The average molecular weight is 596 g/mol. The van der Waals surface area contributed by atoms with Gasteiger partial charge in [0.2, 0.25) is 11.8 Å². The number of fused-ring (bicyclic) bond motifs is 1. The lowest BCUT2D eigenvalue weighted by Crippen LogP contribution is -2.39. The highest BCUT2D eigenvalue weighted by atomic mass is 16.4. The summed E-state index contributed by atoms with van der Waals surface area (Å²) in [6.45, 7) is 1.61. The van der Waals surface area contributed by atoms with Crippen LogP contribution in [0.15, 0.2) is 84.1 Å². The maximum absolute atomic E-state index is 13.8. The lowest BCUT2D eigenvalue weighted by atomic mass is 9.67. The van der Waals surface area contributed by atoms with Crippen molar-refractivity contribution >= 4 is 41.7 Å². The van der Waals surface area contributed by atoms with Gasteiger partial charge in [0.1, 0.15) is 5.75 Å². The second-order valence-electron chi connectivity index (χ2n) is 11.4. The van der Waals surface area contributed by atoms with E-state index >= 15 is 0 Å². The largest absolute Gasteiger partial charge is 0.508 e. The summed E-state index contributed by atoms with van der Waals surface area (Å²) in [6.07, 6.45) is 5.15. The first kappa shape index (κ1) is 31.3. The Morgan fingerprint density at radius 2 is 1.84 bits per heavy atom. The van der Waals surface area contributed by atoms with Crippen molar-refractivity contribution in [2.24, 2.45) is 17.8 Å². The highest BCUT2D eigenvalue weighted by molar-refractivity contribution is 6.58. The Kier molecular flexibility index (Phi) is 9.75. The number of imide groups is 1. The molecule has 1 aliphatic heterocycles. The third-order valence-corrected chi connectivity index (χ3v) is 8.63. The molecule has 9 nitrogen and oxygen atoms in total. The Morgan fingerprint density at radius 3 is 2.50 bits per heavy atom. The second-order valence-corrected chi connectivity index (χ2v) is 11.4. The van der Waals surface area contributed by atoms with Gasteiger partial charge >= 0.3 is 7.12 Å². The number of aliphatic hydroxyl groups is 2. The summed E-state index contributed by atoms with van der Waals surface area (Å²) in [5.74, 6) is -2.96. The number of allylic oxidation sites excluding steroid dienone is 2. The van der Waals surface area contributed by atoms with Gasteiger partial charge in [0.15, 0.2) is 0 Å². The molecule has 1 saturated heterocycles. The van der Waals surface area contributed by atoms with Crippen LogP contribution in [-0.4, -0.2) is 62.0 Å². The number of benzene rings is 2. The van der Waals surface area contributed by atoms with Crippen molar-refractivity contribution in [3.63, 3.8) is 0 Å². The number of amides is 2. The standard InChI is InChI=1S/C34H37BN2O7/c1-2-6-23-18-27-32(34(42)37(33(27)41)25-8-5-7-24(19-25)35(43)44)28(20-38)31(23)30(40)15-12-22(29-9-3-4-16-36-29)17-21-10-13-26(39)14-11-21/h3-5,7-11,13-14,16-17,19,27-28,30,32,38-40,43-44H,2,6,12,15,18,20H2,1H3/b22-17-/t27-,28+,30-,32-/m1/s1. The number of carbonyl (C=O) groups is 2. The van der Waals surface area contributed by atoms with Gasteiger partial charge in [-0.15, -0.1) is 0 Å². The molecule has 4 atom stereocenters. The fraction of sp³-hybridized carbons (Fsp3) is 0.324. The summed E-state index contributed by atoms with van der Waals surface area (Å²) in [6, 6.07) is 18.4. The molecule has 2 aromatic carbocycles. The van der Waals surface area contributed by atoms with E-state index in [-0.39, 0.29) is 22.8 Å². The van der Waals surface area contributed by atoms with Crippen molar-refractivity contribution in [1.29, 1.82) is 0 Å². The van der Waals surface area contributed by atoms with Gasteiger partial charge in [0.05, 0.1) is 35.9 Å². The van der Waals surface area contributed by atoms with Crippen molar-refractivity contribution in [2.75, 3.05) is 11.5 Å². The maximum atomic E-state index is 13.8. The summed E-state index contributed by atoms with van der Waals surface area (Å²) < 4.78 is 0. The Hall–Kier alpha value is -4.09. The molecular formula is C34H37BN2O7. The third-order valence-electron chi connectivity index (χ3n) is 8.63. The molecule has 10 heteroatoms. The molecule has 0 saturated carbocycles. The van der Waals surface area contributed by atoms with Crippen LogP contribution >= 0.6 is 0 Å². The van der Waals surface area contributed by atoms with E-state index < -0.39 is 43.5 Å². The lowest BCUT2D eigenvalue weighted by molar-refractivity contribution is -0.123. The normalized spacial score (nSPS) is 21.1. The zero-order valence-corrected chi connectivity index (χ0v) is 24.6. The van der Waals surface area contributed by atoms with Gasteiger partial charge in [0, 0.05) is 12.1 Å². The minimum atomic E-state index is -1.76. The predicted octanol–water partition coefficient (Wildman–Crippen LogP) is 3.06. The van der Waals surface area contributed by atoms with Gasteiger partial charge in [-0.05, 0) is 90.3 Å². The van der Waals surface area contributed by atoms with Gasteiger partial charge < -0.3 is 25.4 Å². The number of carbonyl (C=O) groups excluding carboxylic acids is 2. The summed E-state index contributed by atoms with van der Waals surface area (Å²) in [5, 5.41) is 51.3. The first-order valence-corrected chi connectivity index (χ1v) is 15.0. The van der Waals surface area contributed by atoms with E-state index in [4.69, 9.17) is 0 Å². The molecule has 1 aromatic heterocycles. The fourth-order valence-corrected chi connectivity index (χ4v) is 6.62. The SMILES string of the molecule is CCCC1=C([C@H](O)CC/C(=C/c2ccc(O)cc2)c2ccccn2)[C@H](CO)[C@@H]2C(=O)N(c3cccc(B(O)O)c3)C(=O)[C@@H]2C1. The number of aromatic hydroxyl groups is 1. The molecule has 5 rings (SSSR count). The van der Waals surface area contributed by atoms with Crippen LogP contribution in [0, 0.1) is 17.8 Å². The number of nitrogens with zero attached hydrogens (tertiary/aromatic N) is 2. The summed E-state index contributed by atoms with van der Waals surface area (Å²) in [7, 11) is -1.76. The van der Waals surface area contributed by atoms with Crippen LogP contribution < -0.4 is 10.4 Å². The molecule has 0 bridgehead atoms. The molecule has 2 heterocycles. The number of phenolic OH excluding ortho intramolecular Hbond substituents is 1. The van der Waals surface area contributed by atoms with E-state index in [0.717, 1.165) is 33.7 Å². The van der Waals surface area contributed by atoms with Gasteiger partial charge in [-0.1, -0.05) is 49.2 Å². The molecule has 0 spiro atoms. The van der Waals surface area contributed by atoms with Gasteiger partial charge in [-0.2, -0.15) is 0 Å². The van der Waals surface area contributed by atoms with Crippen LogP contribution in [0.4, 0.5) is 5.69 Å². The molecule has 3 aromatic rings. The Labute approximate surface area is 257 Å². The smallest absolute Gasteiger partial charge is 0.488 e. The first-order valence-electron chi connectivity index (χ1n) is 15.0. The number of hydrogen-bond acceptors (Lipinski definition) is 8. The molecule has 1 aliphatic carbocycles. The van der Waals surface area contributed by atoms with Crippen molar-refractivity contribution in [3.05, 3.63) is 95.3 Å². The topological polar surface area (TPSA) is 151 Å². The Bertz CT molecular complexity index is 1560. The monoisotopic (exact) mass is 596 g/mol. The Balaban J connectivity index is 1.44. The molecule has 2 amide bonds. The van der Waals surface area contributed by atoms with E-state index in [0.29, 0.717) is 31.3 Å². The highest BCUT2D eigenvalue weighted by Crippen LogP contribution is 2.48. The molecule has 5 N–H and O–H groups in total. The van der Waals surface area contributed by atoms with Crippen LogP contribution in [0.3, 0.4) is 0 Å². The lowest BCUT2D eigenvalue weighted by Gasteiger charge is -2.36. The van der Waals surface area contributed by atoms with Crippen LogP contribution in [0.1, 0.15) is 50.3 Å². The molecule has 44 heavy (non-hydrogen) atoms. The molecule has 228 valence electrons. The van der Waals surface area contributed by atoms with Crippen LogP contribution in [0.25, 0.3) is 11.6 Å². The minimum absolute atomic E-state index is 0.154. The van der Waals surface area contributed by atoms with E-state index in [9.17, 15) is 35.0 Å². The number of phenols is 1. The molecule has 2 aliphatic rings. The Morgan fingerprint density at radius 1 is 1.07 bits per heavy atom. The number of anilines is 1. The van der Waals surface area contributed by atoms with Gasteiger partial charge in [0.25, 0.3) is 0 Å². The van der Waals surface area contributed by atoms with Crippen molar-refractivity contribution < 1.29 is 35.0 Å². The maximum Gasteiger partial charge on any atom is 0.488 e. The molecule has 0 unspecified atom stereocenters. The summed E-state index contributed by atoms with van der Waals surface area (Å²) in [4.78, 5) is 33.1. The van der Waals surface area contributed by atoms with Crippen LogP contribution in [-0.2, 0) is 9.59 Å². The zero-order valence-electron chi connectivity index (χ0n) is 24.6. The van der Waals surface area contributed by atoms with Crippen molar-refractivity contribution in [1.82, 2.24) is 4.98 Å². The van der Waals surface area contributed by atoms with E-state index in [1.54, 1.807) is 42.6 Å². The predicted molar refractivity (Wildman–Crippen MR) is 168 cm³/mol. The number of rotatable bonds is 11. The van der Waals surface area contributed by atoms with Gasteiger partial charge in [-0.3, -0.25) is 19.5 Å². The second kappa shape index (κ2) is 13.7. The average Bonchev–Trinajstić information content (AvgIpc) is 3.28. The quantitative estimate of drug-likeness (QED) is 0.129. The van der Waals surface area contributed by atoms with Crippen LogP contribution in [0.2, 0.25) is 0 Å². The molecule has 0 radical (unpaired) electrons. The first-order chi connectivity index (χ1) is 21.2. The van der Waals surface area contributed by atoms with Crippen LogP contribution in [0.5, 0.6) is 5.75 Å². The van der Waals surface area contributed by atoms with E-state index in [1.807, 2.05) is 31.2 Å².